The molecule has 4 aromatic rings. The van der Waals surface area contributed by atoms with Crippen LogP contribution in [0.1, 0.15) is 0 Å². The van der Waals surface area contributed by atoms with Gasteiger partial charge in [-0.1, -0.05) is 0 Å². The predicted molar refractivity (Wildman–Crippen MR) is 139 cm³/mol. The largest absolute Gasteiger partial charge is 0.724 e. The number of hydrogen-bond donors (Lipinski definition) is 1. The Balaban J connectivity index is 2.35. The Morgan fingerprint density at radius 2 is 0.857 bits per heavy atom. The highest BCUT2D eigenvalue weighted by Gasteiger charge is 2.35. The second-order valence-corrected chi connectivity index (χ2v) is 13.6. The molecule has 0 aromatic heterocycles. The molecule has 1 N–H and O–H groups in total. The minimum atomic E-state index is -2.61. The number of benzene rings is 4. The summed E-state index contributed by atoms with van der Waals surface area (Å²) in [5.41, 5.74) is 0.975. The van der Waals surface area contributed by atoms with Gasteiger partial charge in [-0.3, -0.25) is 0 Å². The van der Waals surface area contributed by atoms with Gasteiger partial charge in [0.1, 0.15) is 5.75 Å². The molecule has 0 amide bonds. The van der Waals surface area contributed by atoms with Gasteiger partial charge in [0.25, 0.3) is 0 Å². The van der Waals surface area contributed by atoms with E-state index in [1.165, 1.54) is 48.4 Å². The number of hydrogen-bond acceptors (Lipinski definition) is 7. The Morgan fingerprint density at radius 3 is 1.20 bits per heavy atom. The van der Waals surface area contributed by atoms with E-state index in [9.17, 15) is 31.4 Å². The summed E-state index contributed by atoms with van der Waals surface area (Å²) in [6, 6.07) is 9.72. The third-order valence-electron chi connectivity index (χ3n) is 6.67. The summed E-state index contributed by atoms with van der Waals surface area (Å²) >= 11 is -7.80. The van der Waals surface area contributed by atoms with E-state index in [0.29, 0.717) is 49.4 Å². The van der Waals surface area contributed by atoms with Crippen molar-refractivity contribution in [2.75, 3.05) is 42.3 Å². The van der Waals surface area contributed by atoms with E-state index in [2.05, 4.69) is 0 Å². The van der Waals surface area contributed by atoms with Crippen LogP contribution in [0.15, 0.2) is 36.4 Å². The average molecular weight is 540 g/mol. The zero-order valence-electron chi connectivity index (χ0n) is 19.9. The molecule has 13 heteroatoms. The molecule has 3 unspecified atom stereocenters. The molecular formula is C22H25N3O7S3. The normalized spacial score (nSPS) is 16.3. The van der Waals surface area contributed by atoms with E-state index in [4.69, 9.17) is 0 Å². The second-order valence-electron chi connectivity index (χ2n) is 9.60. The van der Waals surface area contributed by atoms with E-state index in [0.717, 1.165) is 0 Å². The van der Waals surface area contributed by atoms with Gasteiger partial charge in [-0.25, -0.2) is 24.3 Å². The van der Waals surface area contributed by atoms with Crippen LogP contribution >= 0.6 is 0 Å². The highest BCUT2D eigenvalue weighted by molar-refractivity contribution is 7.79. The third-order valence-corrected chi connectivity index (χ3v) is 9.50. The molecule has 4 aromatic carbocycles. The maximum absolute atomic E-state index is 12.2. The van der Waals surface area contributed by atoms with Crippen molar-refractivity contribution in [2.24, 2.45) is 0 Å². The van der Waals surface area contributed by atoms with Crippen molar-refractivity contribution in [3.8, 4) is 5.75 Å². The molecule has 0 saturated carbocycles. The number of rotatable bonds is 6. The fourth-order valence-corrected chi connectivity index (χ4v) is 5.43. The van der Waals surface area contributed by atoms with Crippen LogP contribution in [-0.2, 0) is 33.8 Å². The average Bonchev–Trinajstić information content (AvgIpc) is 2.77. The number of quaternary nitrogens is 3. The molecule has 3 atom stereocenters. The summed E-state index contributed by atoms with van der Waals surface area (Å²) in [6.45, 7) is 0. The number of phenolic OH excluding ortho intramolecular Hbond substituents is 1. The van der Waals surface area contributed by atoms with E-state index >= 15 is 0 Å². The fraction of sp³-hybridized carbons (Fsp3) is 0.273. The molecule has 188 valence electrons. The van der Waals surface area contributed by atoms with Crippen LogP contribution < -0.4 is 11.7 Å². The number of phenols is 1. The molecule has 0 radical (unpaired) electrons. The highest BCUT2D eigenvalue weighted by atomic mass is 32.2. The van der Waals surface area contributed by atoms with Gasteiger partial charge in [0, 0.05) is 38.4 Å². The molecule has 0 aliphatic heterocycles. The monoisotopic (exact) mass is 539 g/mol. The van der Waals surface area contributed by atoms with Crippen LogP contribution in [0.3, 0.4) is 0 Å². The summed E-state index contributed by atoms with van der Waals surface area (Å²) in [7, 11) is 8.81. The second kappa shape index (κ2) is 8.23. The van der Waals surface area contributed by atoms with Gasteiger partial charge < -0.3 is 18.8 Å². The quantitative estimate of drug-likeness (QED) is 0.225. The Bertz CT molecular complexity index is 1540. The first-order valence-corrected chi connectivity index (χ1v) is 13.4. The van der Waals surface area contributed by atoms with Crippen LogP contribution in [0.5, 0.6) is 5.75 Å². The summed E-state index contributed by atoms with van der Waals surface area (Å²) in [5.74, 6) is -0.146. The summed E-state index contributed by atoms with van der Waals surface area (Å²) < 4.78 is 71.3. The molecule has 0 aliphatic rings. The molecule has 35 heavy (non-hydrogen) atoms. The summed E-state index contributed by atoms with van der Waals surface area (Å²) in [6.07, 6.45) is 0. The molecule has 0 fully saturated rings. The molecule has 0 saturated heterocycles. The van der Waals surface area contributed by atoms with Crippen molar-refractivity contribution in [1.29, 1.82) is 0 Å². The van der Waals surface area contributed by atoms with Gasteiger partial charge in [0.15, 0.2) is 50.9 Å². The van der Waals surface area contributed by atoms with Crippen molar-refractivity contribution in [1.82, 2.24) is 11.7 Å². The zero-order chi connectivity index (χ0) is 26.2. The highest BCUT2D eigenvalue weighted by Crippen LogP contribution is 2.50. The van der Waals surface area contributed by atoms with E-state index in [1.54, 1.807) is 30.3 Å². The molecular weight excluding hydrogens is 514 g/mol. The molecule has 10 nitrogen and oxygen atoms in total. The first-order chi connectivity index (χ1) is 16.0. The Kier molecular flexibility index (Phi) is 6.11. The van der Waals surface area contributed by atoms with Crippen LogP contribution in [0, 0.1) is 0 Å². The van der Waals surface area contributed by atoms with Crippen LogP contribution in [-0.4, -0.2) is 73.7 Å². The van der Waals surface area contributed by atoms with Crippen molar-refractivity contribution in [2.45, 2.75) is 0 Å². The van der Waals surface area contributed by atoms with Gasteiger partial charge in [-0.2, -0.15) is 0 Å². The number of nitrogens with zero attached hydrogens (tertiary/aromatic N) is 3. The van der Waals surface area contributed by atoms with E-state index in [-0.39, 0.29) is 5.75 Å². The standard InChI is InChI=1S/C22H25N3O7S3/c1-23(2,33(27)28)17-11-18(24(3,4)34(29)30)14-9-10-16-20(26)12-19(25(5,6)35(31)32)15-8-7-13(17)21(14)22(15)16/h7-12H,1-6H3,(H-3,26,27,28,29,30,31,32). The van der Waals surface area contributed by atoms with Gasteiger partial charge in [-0.05, 0) is 24.3 Å². The van der Waals surface area contributed by atoms with Gasteiger partial charge in [0.2, 0.25) is 0 Å². The van der Waals surface area contributed by atoms with Gasteiger partial charge in [0.05, 0.1) is 48.4 Å². The predicted octanol–water partition coefficient (Wildman–Crippen LogP) is 2.37. The fourth-order valence-electron chi connectivity index (χ4n) is 4.50. The minimum absolute atomic E-state index is 0.146. The Labute approximate surface area is 210 Å². The molecule has 0 aliphatic carbocycles. The van der Waals surface area contributed by atoms with Crippen molar-refractivity contribution >= 4 is 83.2 Å². The molecule has 0 spiro atoms. The van der Waals surface area contributed by atoms with E-state index < -0.39 is 45.5 Å². The molecule has 4 rings (SSSR count). The van der Waals surface area contributed by atoms with Crippen molar-refractivity contribution < 1.29 is 31.4 Å². The van der Waals surface area contributed by atoms with Gasteiger partial charge >= 0.3 is 0 Å². The lowest BCUT2D eigenvalue weighted by atomic mass is 9.90. The van der Waals surface area contributed by atoms with Crippen molar-refractivity contribution in [3.63, 3.8) is 0 Å². The number of aromatic hydroxyl groups is 1. The Morgan fingerprint density at radius 1 is 0.571 bits per heavy atom. The SMILES string of the molecule is C[N+](C)(c1cc(O)c2ccc3c([N+](C)(C)S(=O)[O-])cc([N+](C)(C)S(=O)[O-])c4ccc1c2c34)S(=O)[O-]. The lowest BCUT2D eigenvalue weighted by molar-refractivity contribution is 0.460. The van der Waals surface area contributed by atoms with E-state index in [1.807, 2.05) is 0 Å². The third kappa shape index (κ3) is 3.70. The molecule has 0 heterocycles. The van der Waals surface area contributed by atoms with Gasteiger partial charge in [-0.15, -0.1) is 0 Å². The minimum Gasteiger partial charge on any atom is -0.724 e. The topological polar surface area (TPSA) is 141 Å². The summed E-state index contributed by atoms with van der Waals surface area (Å²) in [5, 5.41) is 14.0. The van der Waals surface area contributed by atoms with Crippen molar-refractivity contribution in [3.05, 3.63) is 36.4 Å². The Hall–Kier alpha value is -2.07. The van der Waals surface area contributed by atoms with Crippen LogP contribution in [0.2, 0.25) is 0 Å². The first kappa shape index (κ1) is 26.0. The lowest BCUT2D eigenvalue weighted by Gasteiger charge is -2.35. The maximum Gasteiger partial charge on any atom is 0.159 e. The summed E-state index contributed by atoms with van der Waals surface area (Å²) in [4.78, 5) is 0. The zero-order valence-corrected chi connectivity index (χ0v) is 22.4. The first-order valence-electron chi connectivity index (χ1n) is 10.4. The smallest absolute Gasteiger partial charge is 0.159 e. The maximum atomic E-state index is 12.2. The van der Waals surface area contributed by atoms with Crippen LogP contribution in [0.4, 0.5) is 17.1 Å². The lowest BCUT2D eigenvalue weighted by Crippen LogP contribution is -2.44. The molecule has 0 bridgehead atoms. The van der Waals surface area contributed by atoms with Crippen LogP contribution in [0.25, 0.3) is 32.3 Å².